The van der Waals surface area contributed by atoms with Crippen molar-refractivity contribution in [2.45, 2.75) is 81.5 Å². The molecule has 2 aromatic heterocycles. The van der Waals surface area contributed by atoms with Crippen LogP contribution in [-0.4, -0.2) is 47.8 Å². The second-order valence-electron chi connectivity index (χ2n) is 10.2. The van der Waals surface area contributed by atoms with E-state index in [1.165, 1.54) is 12.1 Å². The number of amides is 1. The van der Waals surface area contributed by atoms with Crippen molar-refractivity contribution in [1.29, 1.82) is 0 Å². The summed E-state index contributed by atoms with van der Waals surface area (Å²) in [5.74, 6) is 1.18. The Morgan fingerprint density at radius 3 is 2.44 bits per heavy atom. The first-order valence-corrected chi connectivity index (χ1v) is 12.7. The van der Waals surface area contributed by atoms with Gasteiger partial charge < -0.3 is 4.90 Å². The number of aromatic nitrogens is 6. The second-order valence-corrected chi connectivity index (χ2v) is 10.2. The highest BCUT2D eigenvalue weighted by atomic mass is 19.4. The highest BCUT2D eigenvalue weighted by molar-refractivity contribution is 5.96. The van der Waals surface area contributed by atoms with Gasteiger partial charge in [-0.25, -0.2) is 5.10 Å². The summed E-state index contributed by atoms with van der Waals surface area (Å²) in [5.41, 5.74) is 1.03. The maximum absolute atomic E-state index is 13.8. The summed E-state index contributed by atoms with van der Waals surface area (Å²) in [6.45, 7) is 0.446. The fourth-order valence-corrected chi connectivity index (χ4v) is 6.06. The van der Waals surface area contributed by atoms with Gasteiger partial charge in [-0.15, -0.1) is 5.10 Å². The normalized spacial score (nSPS) is 24.9. The van der Waals surface area contributed by atoms with Crippen LogP contribution < -0.4 is 0 Å². The largest absolute Gasteiger partial charge is 0.416 e. The van der Waals surface area contributed by atoms with E-state index in [1.54, 1.807) is 17.2 Å². The third-order valence-corrected chi connectivity index (χ3v) is 7.96. The Morgan fingerprint density at radius 1 is 1.00 bits per heavy atom. The number of likely N-dealkylation sites (tertiary alicyclic amines) is 1. The third-order valence-electron chi connectivity index (χ3n) is 7.96. The lowest BCUT2D eigenvalue weighted by Crippen LogP contribution is -2.32. The van der Waals surface area contributed by atoms with E-state index in [-0.39, 0.29) is 29.3 Å². The van der Waals surface area contributed by atoms with Crippen LogP contribution in [0.3, 0.4) is 0 Å². The van der Waals surface area contributed by atoms with Crippen molar-refractivity contribution in [3.63, 3.8) is 0 Å². The van der Waals surface area contributed by atoms with Crippen molar-refractivity contribution in [1.82, 2.24) is 35.3 Å². The molecule has 1 N–H and O–H groups in total. The quantitative estimate of drug-likeness (QED) is 0.523. The summed E-state index contributed by atoms with van der Waals surface area (Å²) in [6, 6.07) is 5.23. The number of rotatable bonds is 5. The summed E-state index contributed by atoms with van der Waals surface area (Å²) >= 11 is 0. The number of carbonyl (C=O) groups excluding carboxylic acids is 1. The maximum Gasteiger partial charge on any atom is 0.416 e. The Morgan fingerprint density at radius 2 is 1.75 bits per heavy atom. The van der Waals surface area contributed by atoms with Crippen LogP contribution in [-0.2, 0) is 6.18 Å². The minimum absolute atomic E-state index is 0.177. The Bertz CT molecular complexity index is 1230. The summed E-state index contributed by atoms with van der Waals surface area (Å²) < 4.78 is 43.2. The van der Waals surface area contributed by atoms with E-state index < -0.39 is 17.8 Å². The van der Waals surface area contributed by atoms with Crippen LogP contribution in [0.2, 0.25) is 0 Å². The number of nitrogens with one attached hydrogen (secondary N) is 1. The third kappa shape index (κ3) is 4.18. The number of alkyl halides is 3. The number of benzene rings is 1. The molecule has 3 heterocycles. The Kier molecular flexibility index (Phi) is 5.80. The van der Waals surface area contributed by atoms with Crippen molar-refractivity contribution >= 4 is 5.91 Å². The van der Waals surface area contributed by atoms with E-state index >= 15 is 0 Å². The number of H-pyrrole nitrogens is 1. The highest BCUT2D eigenvalue weighted by Crippen LogP contribution is 2.46. The topological polar surface area (TPSA) is 92.6 Å². The van der Waals surface area contributed by atoms with Gasteiger partial charge in [0.1, 0.15) is 0 Å². The molecule has 2 aliphatic carbocycles. The second kappa shape index (κ2) is 9.01. The predicted molar refractivity (Wildman–Crippen MR) is 123 cm³/mol. The molecule has 1 unspecified atom stereocenters. The molecule has 1 aliphatic heterocycles. The van der Waals surface area contributed by atoms with Gasteiger partial charge in [0.05, 0.1) is 35.1 Å². The summed E-state index contributed by atoms with van der Waals surface area (Å²) in [5, 5.41) is 19.0. The molecule has 11 heteroatoms. The molecule has 190 valence electrons. The molecule has 0 bridgehead atoms. The molecule has 1 saturated heterocycles. The fourth-order valence-electron chi connectivity index (χ4n) is 6.06. The van der Waals surface area contributed by atoms with Crippen LogP contribution in [0, 0.1) is 0 Å². The number of nitrogens with zero attached hydrogens (tertiary/aromatic N) is 6. The van der Waals surface area contributed by atoms with Crippen molar-refractivity contribution in [3.05, 3.63) is 58.7 Å². The minimum Gasteiger partial charge on any atom is -0.331 e. The molecule has 36 heavy (non-hydrogen) atoms. The van der Waals surface area contributed by atoms with Gasteiger partial charge in [-0.1, -0.05) is 18.2 Å². The molecular weight excluding hydrogens is 471 g/mol. The summed E-state index contributed by atoms with van der Waals surface area (Å²) in [6.07, 6.45) is 4.07. The molecule has 0 spiro atoms. The molecule has 2 saturated carbocycles. The fraction of sp³-hybridized carbons (Fsp3) is 0.560. The standard InChI is InChI=1S/C25H28F3N7O/c26-25(27,28)20-5-2-1-4-18(20)21-6-3-13-34(21)24(36)19-14-29-35(22(19)15-7-8-15)17-11-9-16(10-12-17)23-30-32-33-31-23/h1-2,4-5,14-17,21H,3,6-13H2,(H,30,31,32,33). The first kappa shape index (κ1) is 23.2. The average molecular weight is 500 g/mol. The van der Waals surface area contributed by atoms with E-state index in [4.69, 9.17) is 0 Å². The Balaban J connectivity index is 1.26. The van der Waals surface area contributed by atoms with Gasteiger partial charge in [0.25, 0.3) is 5.91 Å². The van der Waals surface area contributed by atoms with Gasteiger partial charge in [0.15, 0.2) is 5.82 Å². The van der Waals surface area contributed by atoms with Crippen LogP contribution in [0.15, 0.2) is 30.5 Å². The van der Waals surface area contributed by atoms with Crippen molar-refractivity contribution in [2.75, 3.05) is 6.54 Å². The summed E-state index contributed by atoms with van der Waals surface area (Å²) in [7, 11) is 0. The van der Waals surface area contributed by atoms with E-state index in [2.05, 4.69) is 25.7 Å². The zero-order valence-corrected chi connectivity index (χ0v) is 19.8. The maximum atomic E-state index is 13.8. The molecule has 3 aliphatic rings. The molecule has 6 rings (SSSR count). The van der Waals surface area contributed by atoms with Gasteiger partial charge in [-0.05, 0) is 73.4 Å². The molecular formula is C25H28F3N7O. The number of carbonyl (C=O) groups is 1. The van der Waals surface area contributed by atoms with Gasteiger partial charge in [0, 0.05) is 18.4 Å². The lowest BCUT2D eigenvalue weighted by molar-refractivity contribution is -0.138. The number of tetrazole rings is 1. The van der Waals surface area contributed by atoms with Crippen LogP contribution in [0.1, 0.15) is 108 Å². The number of hydrogen-bond acceptors (Lipinski definition) is 5. The molecule has 0 radical (unpaired) electrons. The van der Waals surface area contributed by atoms with Crippen LogP contribution >= 0.6 is 0 Å². The van der Waals surface area contributed by atoms with Crippen LogP contribution in [0.5, 0.6) is 0 Å². The zero-order valence-electron chi connectivity index (χ0n) is 19.8. The number of halogens is 3. The van der Waals surface area contributed by atoms with Gasteiger partial charge in [0.2, 0.25) is 0 Å². The smallest absolute Gasteiger partial charge is 0.331 e. The van der Waals surface area contributed by atoms with E-state index in [0.29, 0.717) is 24.9 Å². The van der Waals surface area contributed by atoms with E-state index in [9.17, 15) is 18.0 Å². The molecule has 1 amide bonds. The Hall–Kier alpha value is -3.24. The first-order chi connectivity index (χ1) is 17.4. The molecule has 3 aromatic rings. The highest BCUT2D eigenvalue weighted by Gasteiger charge is 2.42. The van der Waals surface area contributed by atoms with Gasteiger partial charge in [-0.3, -0.25) is 9.48 Å². The predicted octanol–water partition coefficient (Wildman–Crippen LogP) is 5.17. The zero-order chi connectivity index (χ0) is 24.9. The average Bonchev–Trinajstić information content (AvgIpc) is 3.29. The minimum atomic E-state index is -4.46. The van der Waals surface area contributed by atoms with Crippen molar-refractivity contribution in [2.24, 2.45) is 0 Å². The first-order valence-electron chi connectivity index (χ1n) is 12.7. The van der Waals surface area contributed by atoms with Crippen LogP contribution in [0.4, 0.5) is 13.2 Å². The molecule has 1 atom stereocenters. The SMILES string of the molecule is O=C(c1cnn(C2CCC(c3nnn[nH]3)CC2)c1C1CC1)N1CCCC1c1ccccc1C(F)(F)F. The van der Waals surface area contributed by atoms with Gasteiger partial charge >= 0.3 is 6.18 Å². The Labute approximate surface area is 206 Å². The molecule has 3 fully saturated rings. The molecule has 1 aromatic carbocycles. The molecule has 8 nitrogen and oxygen atoms in total. The van der Waals surface area contributed by atoms with Crippen molar-refractivity contribution in [3.8, 4) is 0 Å². The number of aromatic amines is 1. The van der Waals surface area contributed by atoms with E-state index in [1.807, 2.05) is 4.68 Å². The van der Waals surface area contributed by atoms with Crippen LogP contribution in [0.25, 0.3) is 0 Å². The summed E-state index contributed by atoms with van der Waals surface area (Å²) in [4.78, 5) is 15.4. The monoisotopic (exact) mass is 499 g/mol. The van der Waals surface area contributed by atoms with Crippen molar-refractivity contribution < 1.29 is 18.0 Å². The number of hydrogen-bond donors (Lipinski definition) is 1. The van der Waals surface area contributed by atoms with E-state index in [0.717, 1.165) is 56.1 Å². The lowest BCUT2D eigenvalue weighted by Gasteiger charge is -2.29. The van der Waals surface area contributed by atoms with Gasteiger partial charge in [-0.2, -0.15) is 18.3 Å². The lowest BCUT2D eigenvalue weighted by atomic mass is 9.85.